The van der Waals surface area contributed by atoms with Crippen molar-refractivity contribution in [1.29, 1.82) is 0 Å². The number of rotatable bonds is 1. The number of aromatic nitrogens is 2. The van der Waals surface area contributed by atoms with Gasteiger partial charge in [0.25, 0.3) is 5.56 Å². The topological polar surface area (TPSA) is 45.8 Å². The van der Waals surface area contributed by atoms with Gasteiger partial charge >= 0.3 is 0 Å². The second-order valence-electron chi connectivity index (χ2n) is 5.45. The van der Waals surface area contributed by atoms with Crippen LogP contribution in [0.4, 0.5) is 0 Å². The van der Waals surface area contributed by atoms with Crippen LogP contribution in [0.2, 0.25) is 0 Å². The molecule has 1 aromatic heterocycles. The van der Waals surface area contributed by atoms with Gasteiger partial charge in [-0.1, -0.05) is 48.5 Å². The molecule has 0 spiro atoms. The lowest BCUT2D eigenvalue weighted by Gasteiger charge is -2.06. The summed E-state index contributed by atoms with van der Waals surface area (Å²) < 4.78 is 0. The third kappa shape index (κ3) is 1.99. The van der Waals surface area contributed by atoms with Gasteiger partial charge in [-0.25, -0.2) is 4.98 Å². The third-order valence-electron chi connectivity index (χ3n) is 3.96. The van der Waals surface area contributed by atoms with Crippen molar-refractivity contribution in [3.63, 3.8) is 0 Å². The first-order valence-corrected chi connectivity index (χ1v) is 7.21. The monoisotopic (exact) mass is 286 g/mol. The molecule has 106 valence electrons. The molecule has 4 rings (SSSR count). The number of para-hydroxylation sites is 1. The molecular weight excluding hydrogens is 272 g/mol. The number of aromatic amines is 1. The number of fused-ring (bicyclic) bond motifs is 2. The molecule has 0 amide bonds. The van der Waals surface area contributed by atoms with Crippen molar-refractivity contribution in [2.75, 3.05) is 0 Å². The smallest absolute Gasteiger partial charge is 0.259 e. The largest absolute Gasteiger partial charge is 0.306 e. The fraction of sp³-hybridized carbons (Fsp3) is 0.0526. The summed E-state index contributed by atoms with van der Waals surface area (Å²) in [5.74, 6) is 0.609. The van der Waals surface area contributed by atoms with Gasteiger partial charge < -0.3 is 4.98 Å². The Morgan fingerprint density at radius 1 is 0.909 bits per heavy atom. The molecule has 0 aliphatic rings. The minimum absolute atomic E-state index is 0.100. The van der Waals surface area contributed by atoms with Crippen molar-refractivity contribution in [2.45, 2.75) is 6.92 Å². The van der Waals surface area contributed by atoms with E-state index in [0.29, 0.717) is 11.2 Å². The summed E-state index contributed by atoms with van der Waals surface area (Å²) in [6, 6.07) is 19.9. The molecular formula is C19H14N2O. The zero-order valence-electron chi connectivity index (χ0n) is 12.1. The Hall–Kier alpha value is -2.94. The average molecular weight is 286 g/mol. The van der Waals surface area contributed by atoms with Crippen LogP contribution in [0.1, 0.15) is 5.56 Å². The van der Waals surface area contributed by atoms with Gasteiger partial charge in [0, 0.05) is 5.56 Å². The summed E-state index contributed by atoms with van der Waals surface area (Å²) in [7, 11) is 0. The quantitative estimate of drug-likeness (QED) is 0.573. The zero-order valence-corrected chi connectivity index (χ0v) is 12.1. The van der Waals surface area contributed by atoms with Gasteiger partial charge in [0.05, 0.1) is 10.9 Å². The van der Waals surface area contributed by atoms with Crippen LogP contribution in [-0.4, -0.2) is 9.97 Å². The lowest BCUT2D eigenvalue weighted by Crippen LogP contribution is -2.10. The van der Waals surface area contributed by atoms with Gasteiger partial charge in [-0.2, -0.15) is 0 Å². The second kappa shape index (κ2) is 4.81. The van der Waals surface area contributed by atoms with Crippen LogP contribution in [0, 0.1) is 6.92 Å². The number of hydrogen-bond donors (Lipinski definition) is 1. The minimum atomic E-state index is -0.100. The maximum Gasteiger partial charge on any atom is 0.259 e. The Balaban J connectivity index is 1.99. The molecule has 22 heavy (non-hydrogen) atoms. The predicted octanol–water partition coefficient (Wildman–Crippen LogP) is 4.05. The van der Waals surface area contributed by atoms with E-state index in [0.717, 1.165) is 22.0 Å². The number of hydrogen-bond acceptors (Lipinski definition) is 2. The lowest BCUT2D eigenvalue weighted by molar-refractivity contribution is 1.17. The highest BCUT2D eigenvalue weighted by Crippen LogP contribution is 2.23. The summed E-state index contributed by atoms with van der Waals surface area (Å²) >= 11 is 0. The van der Waals surface area contributed by atoms with Crippen LogP contribution in [0.5, 0.6) is 0 Å². The van der Waals surface area contributed by atoms with Crippen molar-refractivity contribution in [1.82, 2.24) is 9.97 Å². The maximum atomic E-state index is 12.3. The summed E-state index contributed by atoms with van der Waals surface area (Å²) in [5.41, 5.74) is 2.58. The molecule has 0 atom stereocenters. The van der Waals surface area contributed by atoms with Crippen molar-refractivity contribution in [2.24, 2.45) is 0 Å². The van der Waals surface area contributed by atoms with E-state index in [1.54, 1.807) is 6.07 Å². The first-order valence-electron chi connectivity index (χ1n) is 7.21. The van der Waals surface area contributed by atoms with Crippen LogP contribution in [-0.2, 0) is 0 Å². The Morgan fingerprint density at radius 3 is 2.59 bits per heavy atom. The molecule has 3 nitrogen and oxygen atoms in total. The lowest BCUT2D eigenvalue weighted by atomic mass is 10.1. The van der Waals surface area contributed by atoms with Gasteiger partial charge in [-0.15, -0.1) is 0 Å². The molecule has 0 saturated heterocycles. The molecule has 0 saturated carbocycles. The van der Waals surface area contributed by atoms with E-state index in [-0.39, 0.29) is 5.56 Å². The van der Waals surface area contributed by atoms with E-state index in [4.69, 9.17) is 0 Å². The standard InChI is InChI=1S/C19H14N2O/c1-12-5-4-8-16-17(12)20-18(21-19(16)22)15-10-9-13-6-2-3-7-14(13)11-15/h2-11H,1H3,(H,20,21,22). The van der Waals surface area contributed by atoms with Crippen LogP contribution in [0.25, 0.3) is 33.1 Å². The maximum absolute atomic E-state index is 12.3. The summed E-state index contributed by atoms with van der Waals surface area (Å²) in [4.78, 5) is 19.8. The van der Waals surface area contributed by atoms with Crippen LogP contribution in [0.15, 0.2) is 65.5 Å². The van der Waals surface area contributed by atoms with Crippen molar-refractivity contribution in [3.05, 3.63) is 76.6 Å². The molecule has 0 bridgehead atoms. The third-order valence-corrected chi connectivity index (χ3v) is 3.96. The predicted molar refractivity (Wildman–Crippen MR) is 90.0 cm³/mol. The fourth-order valence-electron chi connectivity index (χ4n) is 2.78. The molecule has 3 heteroatoms. The summed E-state index contributed by atoms with van der Waals surface area (Å²) in [5, 5.41) is 2.93. The molecule has 1 heterocycles. The molecule has 0 aliphatic carbocycles. The van der Waals surface area contributed by atoms with E-state index < -0.39 is 0 Å². The first-order chi connectivity index (χ1) is 10.7. The molecule has 3 aromatic carbocycles. The van der Waals surface area contributed by atoms with Crippen LogP contribution in [0.3, 0.4) is 0 Å². The average Bonchev–Trinajstić information content (AvgIpc) is 2.55. The zero-order chi connectivity index (χ0) is 15.1. The highest BCUT2D eigenvalue weighted by Gasteiger charge is 2.08. The van der Waals surface area contributed by atoms with Gasteiger partial charge in [0.15, 0.2) is 0 Å². The molecule has 0 aliphatic heterocycles. The van der Waals surface area contributed by atoms with E-state index in [9.17, 15) is 4.79 Å². The van der Waals surface area contributed by atoms with Gasteiger partial charge in [0.2, 0.25) is 0 Å². The van der Waals surface area contributed by atoms with E-state index >= 15 is 0 Å². The van der Waals surface area contributed by atoms with Crippen molar-refractivity contribution >= 4 is 21.7 Å². The Bertz CT molecular complexity index is 1060. The van der Waals surface area contributed by atoms with E-state index in [2.05, 4.69) is 28.2 Å². The SMILES string of the molecule is Cc1cccc2c(=O)[nH]c(-c3ccc4ccccc4c3)nc12. The van der Waals surface area contributed by atoms with Crippen LogP contribution < -0.4 is 5.56 Å². The molecule has 1 N–H and O–H groups in total. The number of nitrogens with zero attached hydrogens (tertiary/aromatic N) is 1. The Labute approximate surface area is 127 Å². The highest BCUT2D eigenvalue weighted by atomic mass is 16.1. The van der Waals surface area contributed by atoms with Gasteiger partial charge in [-0.3, -0.25) is 4.79 Å². The summed E-state index contributed by atoms with van der Waals surface area (Å²) in [6.45, 7) is 1.97. The molecule has 4 aromatic rings. The van der Waals surface area contributed by atoms with Crippen LogP contribution >= 0.6 is 0 Å². The number of nitrogens with one attached hydrogen (secondary N) is 1. The number of H-pyrrole nitrogens is 1. The fourth-order valence-corrected chi connectivity index (χ4v) is 2.78. The van der Waals surface area contributed by atoms with E-state index in [1.807, 2.05) is 43.3 Å². The minimum Gasteiger partial charge on any atom is -0.306 e. The molecule has 0 radical (unpaired) electrons. The second-order valence-corrected chi connectivity index (χ2v) is 5.45. The highest BCUT2D eigenvalue weighted by molar-refractivity contribution is 5.87. The van der Waals surface area contributed by atoms with Crippen molar-refractivity contribution < 1.29 is 0 Å². The molecule has 0 unspecified atom stereocenters. The Morgan fingerprint density at radius 2 is 1.73 bits per heavy atom. The van der Waals surface area contributed by atoms with Gasteiger partial charge in [-0.05, 0) is 35.4 Å². The van der Waals surface area contributed by atoms with Crippen molar-refractivity contribution in [3.8, 4) is 11.4 Å². The van der Waals surface area contributed by atoms with Gasteiger partial charge in [0.1, 0.15) is 5.82 Å². The summed E-state index contributed by atoms with van der Waals surface area (Å²) in [6.07, 6.45) is 0. The molecule has 0 fully saturated rings. The normalized spacial score (nSPS) is 11.1. The Kier molecular flexibility index (Phi) is 2.79. The number of aryl methyl sites for hydroxylation is 1. The number of benzene rings is 3. The van der Waals surface area contributed by atoms with E-state index in [1.165, 1.54) is 5.39 Å². The first kappa shape index (κ1) is 12.8.